The van der Waals surface area contributed by atoms with E-state index in [9.17, 15) is 4.79 Å². The van der Waals surface area contributed by atoms with Crippen molar-refractivity contribution in [1.29, 1.82) is 0 Å². The van der Waals surface area contributed by atoms with Crippen molar-refractivity contribution >= 4 is 5.91 Å². The molecule has 0 unspecified atom stereocenters. The molecule has 0 radical (unpaired) electrons. The molecule has 18 heavy (non-hydrogen) atoms. The lowest BCUT2D eigenvalue weighted by Gasteiger charge is -2.04. The summed E-state index contributed by atoms with van der Waals surface area (Å²) in [4.78, 5) is 15.8. The van der Waals surface area contributed by atoms with Gasteiger partial charge < -0.3 is 10.1 Å². The van der Waals surface area contributed by atoms with E-state index in [1.807, 2.05) is 18.2 Å². The van der Waals surface area contributed by atoms with E-state index in [-0.39, 0.29) is 11.6 Å². The maximum Gasteiger partial charge on any atom is 0.272 e. The van der Waals surface area contributed by atoms with Gasteiger partial charge in [-0.3, -0.25) is 9.78 Å². The van der Waals surface area contributed by atoms with Gasteiger partial charge in [0.05, 0.1) is 19.3 Å². The lowest BCUT2D eigenvalue weighted by atomic mass is 10.3. The third kappa shape index (κ3) is 3.00. The Hall–Kier alpha value is -2.50. The van der Waals surface area contributed by atoms with Crippen LogP contribution >= 0.6 is 0 Å². The third-order valence-corrected chi connectivity index (χ3v) is 2.24. The summed E-state index contributed by atoms with van der Waals surface area (Å²) in [7, 11) is 1.49. The number of methoxy groups -OCH3 is 1. The van der Waals surface area contributed by atoms with Gasteiger partial charge in [0.25, 0.3) is 5.91 Å². The molecule has 0 aliphatic rings. The fourth-order valence-corrected chi connectivity index (χ4v) is 1.31. The molecule has 0 fully saturated rings. The van der Waals surface area contributed by atoms with Crippen LogP contribution in [0.2, 0.25) is 0 Å². The molecule has 1 amide bonds. The second kappa shape index (κ2) is 5.72. The van der Waals surface area contributed by atoms with Gasteiger partial charge >= 0.3 is 0 Å². The Balaban J connectivity index is 1.95. The molecule has 0 saturated carbocycles. The Morgan fingerprint density at radius 2 is 2.17 bits per heavy atom. The first-order valence-corrected chi connectivity index (χ1v) is 5.35. The zero-order chi connectivity index (χ0) is 12.8. The van der Waals surface area contributed by atoms with E-state index in [0.717, 1.165) is 5.69 Å². The number of carbonyl (C=O) groups is 1. The van der Waals surface area contributed by atoms with Crippen LogP contribution in [-0.4, -0.2) is 28.2 Å². The maximum absolute atomic E-state index is 11.7. The van der Waals surface area contributed by atoms with E-state index in [0.29, 0.717) is 12.4 Å². The standard InChI is InChI=1S/C12H12N4O2/c1-18-11-6-5-10(15-16-11)12(17)14-8-9-4-2-3-7-13-9/h2-7H,8H2,1H3,(H,14,17). The number of rotatable bonds is 4. The normalized spacial score (nSPS) is 9.83. The Morgan fingerprint density at radius 3 is 2.78 bits per heavy atom. The van der Waals surface area contributed by atoms with Crippen molar-refractivity contribution in [3.8, 4) is 5.88 Å². The van der Waals surface area contributed by atoms with Crippen molar-refractivity contribution in [3.05, 3.63) is 47.9 Å². The average molecular weight is 244 g/mol. The predicted octanol–water partition coefficient (Wildman–Crippen LogP) is 0.810. The lowest BCUT2D eigenvalue weighted by Crippen LogP contribution is -2.24. The number of ether oxygens (including phenoxy) is 1. The molecule has 92 valence electrons. The number of amides is 1. The van der Waals surface area contributed by atoms with Crippen LogP contribution in [0.3, 0.4) is 0 Å². The highest BCUT2D eigenvalue weighted by atomic mass is 16.5. The Kier molecular flexibility index (Phi) is 3.80. The largest absolute Gasteiger partial charge is 0.480 e. The minimum absolute atomic E-state index is 0.242. The van der Waals surface area contributed by atoms with E-state index < -0.39 is 0 Å². The van der Waals surface area contributed by atoms with Gasteiger partial charge in [-0.05, 0) is 18.2 Å². The van der Waals surface area contributed by atoms with Gasteiger partial charge in [0, 0.05) is 12.3 Å². The first kappa shape index (κ1) is 12.0. The molecule has 6 heteroatoms. The smallest absolute Gasteiger partial charge is 0.272 e. The molecule has 6 nitrogen and oxygen atoms in total. The van der Waals surface area contributed by atoms with Crippen molar-refractivity contribution in [3.63, 3.8) is 0 Å². The molecular weight excluding hydrogens is 232 g/mol. The van der Waals surface area contributed by atoms with Crippen LogP contribution in [0.1, 0.15) is 16.2 Å². The summed E-state index contributed by atoms with van der Waals surface area (Å²) in [6, 6.07) is 8.66. The lowest BCUT2D eigenvalue weighted by molar-refractivity contribution is 0.0944. The van der Waals surface area contributed by atoms with Crippen molar-refractivity contribution in [2.75, 3.05) is 7.11 Å². The van der Waals surface area contributed by atoms with E-state index in [4.69, 9.17) is 4.74 Å². The second-order valence-corrected chi connectivity index (χ2v) is 3.46. The van der Waals surface area contributed by atoms with Crippen LogP contribution in [0.5, 0.6) is 5.88 Å². The molecule has 0 saturated heterocycles. The Bertz CT molecular complexity index is 513. The van der Waals surface area contributed by atoms with Crippen molar-refractivity contribution < 1.29 is 9.53 Å². The number of hydrogen-bond donors (Lipinski definition) is 1. The molecule has 0 spiro atoms. The van der Waals surface area contributed by atoms with Crippen molar-refractivity contribution in [2.45, 2.75) is 6.54 Å². The van der Waals surface area contributed by atoms with Crippen LogP contribution in [0.25, 0.3) is 0 Å². The third-order valence-electron chi connectivity index (χ3n) is 2.24. The minimum atomic E-state index is -0.296. The first-order valence-electron chi connectivity index (χ1n) is 5.35. The summed E-state index contributed by atoms with van der Waals surface area (Å²) in [6.45, 7) is 0.355. The number of carbonyl (C=O) groups excluding carboxylic acids is 1. The SMILES string of the molecule is COc1ccc(C(=O)NCc2ccccn2)nn1. The van der Waals surface area contributed by atoms with Crippen molar-refractivity contribution in [1.82, 2.24) is 20.5 Å². The van der Waals surface area contributed by atoms with Crippen LogP contribution in [-0.2, 0) is 6.54 Å². The van der Waals surface area contributed by atoms with Gasteiger partial charge in [0.2, 0.25) is 5.88 Å². The molecule has 1 N–H and O–H groups in total. The maximum atomic E-state index is 11.7. The second-order valence-electron chi connectivity index (χ2n) is 3.46. The molecule has 0 aliphatic carbocycles. The minimum Gasteiger partial charge on any atom is -0.480 e. The highest BCUT2D eigenvalue weighted by Gasteiger charge is 2.08. The van der Waals surface area contributed by atoms with Gasteiger partial charge in [-0.25, -0.2) is 0 Å². The van der Waals surface area contributed by atoms with Gasteiger partial charge in [-0.2, -0.15) is 0 Å². The van der Waals surface area contributed by atoms with Crippen molar-refractivity contribution in [2.24, 2.45) is 0 Å². The molecule has 2 heterocycles. The summed E-state index contributed by atoms with van der Waals surface area (Å²) in [6.07, 6.45) is 1.68. The number of hydrogen-bond acceptors (Lipinski definition) is 5. The highest BCUT2D eigenvalue weighted by molar-refractivity contribution is 5.91. The summed E-state index contributed by atoms with van der Waals surface area (Å²) < 4.78 is 4.86. The highest BCUT2D eigenvalue weighted by Crippen LogP contribution is 2.03. The Labute approximate surface area is 104 Å². The Morgan fingerprint density at radius 1 is 1.28 bits per heavy atom. The van der Waals surface area contributed by atoms with Gasteiger partial charge in [-0.1, -0.05) is 6.07 Å². The number of nitrogens with one attached hydrogen (secondary N) is 1. The van der Waals surface area contributed by atoms with Crippen LogP contribution in [0.15, 0.2) is 36.5 Å². The predicted molar refractivity (Wildman–Crippen MR) is 64.0 cm³/mol. The number of aromatic nitrogens is 3. The van der Waals surface area contributed by atoms with E-state index >= 15 is 0 Å². The van der Waals surface area contributed by atoms with Gasteiger partial charge in [0.15, 0.2) is 5.69 Å². The van der Waals surface area contributed by atoms with E-state index in [1.165, 1.54) is 7.11 Å². The number of pyridine rings is 1. The molecule has 0 aliphatic heterocycles. The topological polar surface area (TPSA) is 77.0 Å². The molecule has 0 atom stereocenters. The quantitative estimate of drug-likeness (QED) is 0.861. The summed E-state index contributed by atoms with van der Waals surface area (Å²) in [5, 5.41) is 10.2. The fourth-order valence-electron chi connectivity index (χ4n) is 1.31. The zero-order valence-corrected chi connectivity index (χ0v) is 9.83. The molecule has 2 aromatic rings. The summed E-state index contributed by atoms with van der Waals surface area (Å²) >= 11 is 0. The first-order chi connectivity index (χ1) is 8.79. The fraction of sp³-hybridized carbons (Fsp3) is 0.167. The van der Waals surface area contributed by atoms with Crippen LogP contribution < -0.4 is 10.1 Å². The monoisotopic (exact) mass is 244 g/mol. The molecule has 2 rings (SSSR count). The van der Waals surface area contributed by atoms with Gasteiger partial charge in [0.1, 0.15) is 0 Å². The summed E-state index contributed by atoms with van der Waals surface area (Å²) in [5.41, 5.74) is 1.03. The number of nitrogens with zero attached hydrogens (tertiary/aromatic N) is 3. The van der Waals surface area contributed by atoms with Crippen LogP contribution in [0, 0.1) is 0 Å². The molecule has 0 bridgehead atoms. The average Bonchev–Trinajstić information content (AvgIpc) is 2.46. The van der Waals surface area contributed by atoms with Gasteiger partial charge in [-0.15, -0.1) is 10.2 Å². The van der Waals surface area contributed by atoms with E-state index in [1.54, 1.807) is 18.3 Å². The van der Waals surface area contributed by atoms with E-state index in [2.05, 4.69) is 20.5 Å². The molecular formula is C12H12N4O2. The molecule has 0 aromatic carbocycles. The zero-order valence-electron chi connectivity index (χ0n) is 9.83. The molecule has 2 aromatic heterocycles. The van der Waals surface area contributed by atoms with Crippen LogP contribution in [0.4, 0.5) is 0 Å². The summed E-state index contributed by atoms with van der Waals surface area (Å²) in [5.74, 6) is 0.0760.